The predicted octanol–water partition coefficient (Wildman–Crippen LogP) is 3.30. The van der Waals surface area contributed by atoms with Gasteiger partial charge in [0.15, 0.2) is 0 Å². The minimum absolute atomic E-state index is 0.0817. The number of carbonyl (C=O) groups excluding carboxylic acids is 1. The van der Waals surface area contributed by atoms with Gasteiger partial charge in [-0.1, -0.05) is 37.3 Å². The van der Waals surface area contributed by atoms with Gasteiger partial charge in [0, 0.05) is 31.5 Å². The van der Waals surface area contributed by atoms with E-state index in [-0.39, 0.29) is 41.5 Å². The molecule has 4 rings (SSSR count). The molecule has 0 saturated heterocycles. The summed E-state index contributed by atoms with van der Waals surface area (Å²) in [6, 6.07) is 12.5. The average molecular weight is 487 g/mol. The summed E-state index contributed by atoms with van der Waals surface area (Å²) in [5, 5.41) is 9.80. The Hall–Kier alpha value is -2.42. The summed E-state index contributed by atoms with van der Waals surface area (Å²) in [5.74, 6) is 0.285. The molecule has 184 valence electrons. The monoisotopic (exact) mass is 486 g/mol. The number of aryl methyl sites for hydroxylation is 1. The maximum Gasteiger partial charge on any atom is 0.247 e. The molecule has 0 aromatic heterocycles. The normalized spacial score (nSPS) is 23.2. The van der Waals surface area contributed by atoms with E-state index in [1.54, 1.807) is 37.1 Å². The Bertz CT molecular complexity index is 1160. The number of nitrogens with zero attached hydrogens (tertiary/aromatic N) is 2. The molecule has 1 amide bonds. The van der Waals surface area contributed by atoms with Gasteiger partial charge in [-0.3, -0.25) is 4.79 Å². The lowest BCUT2D eigenvalue weighted by Crippen LogP contribution is -2.50. The van der Waals surface area contributed by atoms with Crippen LogP contribution in [0.2, 0.25) is 0 Å². The van der Waals surface area contributed by atoms with Crippen molar-refractivity contribution < 1.29 is 23.1 Å². The molecule has 34 heavy (non-hydrogen) atoms. The SMILES string of the molecule is Cc1ccccc1-c1ccc2c(c1)O[C@@H](CN(C)C(=O)C1CC1)[C@H](C)CN([C@@H](C)CO)S2(=O)=O. The molecule has 1 fully saturated rings. The zero-order valence-corrected chi connectivity index (χ0v) is 21.1. The molecule has 2 aliphatic rings. The van der Waals surface area contributed by atoms with Crippen LogP contribution in [0.15, 0.2) is 47.4 Å². The van der Waals surface area contributed by atoms with Gasteiger partial charge in [0.1, 0.15) is 16.7 Å². The molecule has 1 heterocycles. The lowest BCUT2D eigenvalue weighted by molar-refractivity contribution is -0.132. The number of hydrogen-bond donors (Lipinski definition) is 1. The number of likely N-dealkylation sites (N-methyl/N-ethyl adjacent to an activating group) is 1. The molecule has 1 N–H and O–H groups in total. The van der Waals surface area contributed by atoms with Crippen LogP contribution in [-0.2, 0) is 14.8 Å². The van der Waals surface area contributed by atoms with Crippen LogP contribution in [0.1, 0.15) is 32.3 Å². The topological polar surface area (TPSA) is 87.2 Å². The number of ether oxygens (including phenoxy) is 1. The quantitative estimate of drug-likeness (QED) is 0.677. The van der Waals surface area contributed by atoms with E-state index in [4.69, 9.17) is 4.74 Å². The fourth-order valence-corrected chi connectivity index (χ4v) is 6.34. The molecule has 1 aliphatic heterocycles. The van der Waals surface area contributed by atoms with E-state index in [9.17, 15) is 18.3 Å². The standard InChI is InChI=1S/C26H34N2O5S/c1-17-7-5-6-8-22(17)21-11-12-25-23(13-21)33-24(15-27(4)26(30)20-9-10-20)18(2)14-28(19(3)16-29)34(25,31)32/h5-8,11-13,18-20,24,29H,9-10,14-16H2,1-4H3/t18-,19+,24+/m1/s1. The third-order valence-corrected chi connectivity index (χ3v) is 8.90. The Kier molecular flexibility index (Phi) is 7.03. The molecule has 8 heteroatoms. The van der Waals surface area contributed by atoms with Gasteiger partial charge in [-0.05, 0) is 55.5 Å². The van der Waals surface area contributed by atoms with Crippen LogP contribution in [0.4, 0.5) is 0 Å². The number of aliphatic hydroxyl groups is 1. The molecule has 0 spiro atoms. The number of hydrogen-bond acceptors (Lipinski definition) is 5. The van der Waals surface area contributed by atoms with Gasteiger partial charge in [-0.15, -0.1) is 0 Å². The first kappa shape index (κ1) is 24.7. The van der Waals surface area contributed by atoms with Crippen LogP contribution in [0.5, 0.6) is 5.75 Å². The van der Waals surface area contributed by atoms with Crippen molar-refractivity contribution in [3.63, 3.8) is 0 Å². The van der Waals surface area contributed by atoms with Crippen LogP contribution >= 0.6 is 0 Å². The highest BCUT2D eigenvalue weighted by molar-refractivity contribution is 7.89. The van der Waals surface area contributed by atoms with Crippen molar-refractivity contribution in [3.8, 4) is 16.9 Å². The van der Waals surface area contributed by atoms with Crippen LogP contribution in [0, 0.1) is 18.8 Å². The molecule has 0 unspecified atom stereocenters. The Labute approximate surface area is 202 Å². The number of benzene rings is 2. The Morgan fingerprint density at radius 3 is 2.59 bits per heavy atom. The average Bonchev–Trinajstić information content (AvgIpc) is 3.66. The van der Waals surface area contributed by atoms with E-state index in [2.05, 4.69) is 0 Å². The first-order valence-corrected chi connectivity index (χ1v) is 13.3. The van der Waals surface area contributed by atoms with Gasteiger partial charge in [-0.25, -0.2) is 8.42 Å². The van der Waals surface area contributed by atoms with Crippen molar-refractivity contribution in [3.05, 3.63) is 48.0 Å². The fourth-order valence-electron chi connectivity index (χ4n) is 4.51. The molecule has 2 aromatic rings. The summed E-state index contributed by atoms with van der Waals surface area (Å²) >= 11 is 0. The summed E-state index contributed by atoms with van der Waals surface area (Å²) in [4.78, 5) is 14.4. The van der Waals surface area contributed by atoms with Crippen LogP contribution in [0.25, 0.3) is 11.1 Å². The third kappa shape index (κ3) is 4.85. The maximum absolute atomic E-state index is 13.6. The van der Waals surface area contributed by atoms with Crippen LogP contribution in [0.3, 0.4) is 0 Å². The van der Waals surface area contributed by atoms with E-state index in [0.29, 0.717) is 6.54 Å². The van der Waals surface area contributed by atoms with Gasteiger partial charge in [-0.2, -0.15) is 4.31 Å². The molecule has 0 radical (unpaired) electrons. The first-order valence-electron chi connectivity index (χ1n) is 11.9. The second kappa shape index (κ2) is 9.68. The van der Waals surface area contributed by atoms with E-state index < -0.39 is 22.2 Å². The number of aliphatic hydroxyl groups excluding tert-OH is 1. The zero-order chi connectivity index (χ0) is 24.6. The molecule has 0 bridgehead atoms. The molecular weight excluding hydrogens is 452 g/mol. The highest BCUT2D eigenvalue weighted by Crippen LogP contribution is 2.37. The summed E-state index contributed by atoms with van der Waals surface area (Å²) in [6.07, 6.45) is 1.45. The van der Waals surface area contributed by atoms with E-state index in [0.717, 1.165) is 29.5 Å². The second-order valence-electron chi connectivity index (χ2n) is 9.71. The van der Waals surface area contributed by atoms with Crippen molar-refractivity contribution in [1.29, 1.82) is 0 Å². The number of sulfonamides is 1. The van der Waals surface area contributed by atoms with Crippen molar-refractivity contribution in [2.75, 3.05) is 26.7 Å². The Morgan fingerprint density at radius 2 is 1.94 bits per heavy atom. The minimum Gasteiger partial charge on any atom is -0.487 e. The first-order chi connectivity index (χ1) is 16.1. The predicted molar refractivity (Wildman–Crippen MR) is 131 cm³/mol. The fraction of sp³-hybridized carbons (Fsp3) is 0.500. The number of carbonyl (C=O) groups is 1. The highest BCUT2D eigenvalue weighted by Gasteiger charge is 2.39. The summed E-state index contributed by atoms with van der Waals surface area (Å²) < 4.78 is 35.1. The highest BCUT2D eigenvalue weighted by atomic mass is 32.2. The van der Waals surface area contributed by atoms with Crippen LogP contribution < -0.4 is 4.74 Å². The third-order valence-electron chi connectivity index (χ3n) is 6.88. The minimum atomic E-state index is -3.90. The summed E-state index contributed by atoms with van der Waals surface area (Å²) in [7, 11) is -2.12. The van der Waals surface area contributed by atoms with Gasteiger partial charge in [0.25, 0.3) is 0 Å². The van der Waals surface area contributed by atoms with Gasteiger partial charge < -0.3 is 14.7 Å². The maximum atomic E-state index is 13.6. The van der Waals surface area contributed by atoms with Crippen molar-refractivity contribution in [2.45, 2.75) is 50.7 Å². The number of rotatable bonds is 6. The van der Waals surface area contributed by atoms with Gasteiger partial charge >= 0.3 is 0 Å². The lowest BCUT2D eigenvalue weighted by atomic mass is 10.00. The summed E-state index contributed by atoms with van der Waals surface area (Å²) in [6.45, 7) is 5.92. The number of amides is 1. The molecular formula is C26H34N2O5S. The lowest BCUT2D eigenvalue weighted by Gasteiger charge is -2.37. The molecule has 7 nitrogen and oxygen atoms in total. The van der Waals surface area contributed by atoms with Gasteiger partial charge in [0.2, 0.25) is 15.9 Å². The van der Waals surface area contributed by atoms with Gasteiger partial charge in [0.05, 0.1) is 13.2 Å². The van der Waals surface area contributed by atoms with Crippen molar-refractivity contribution in [2.24, 2.45) is 11.8 Å². The molecule has 1 aliphatic carbocycles. The van der Waals surface area contributed by atoms with Crippen LogP contribution in [-0.4, -0.2) is 67.5 Å². The summed E-state index contributed by atoms with van der Waals surface area (Å²) in [5.41, 5.74) is 2.94. The van der Waals surface area contributed by atoms with Crippen molar-refractivity contribution in [1.82, 2.24) is 9.21 Å². The van der Waals surface area contributed by atoms with E-state index >= 15 is 0 Å². The zero-order valence-electron chi connectivity index (χ0n) is 20.3. The smallest absolute Gasteiger partial charge is 0.247 e. The Balaban J connectivity index is 1.78. The Morgan fingerprint density at radius 1 is 1.24 bits per heavy atom. The molecule has 2 aromatic carbocycles. The number of fused-ring (bicyclic) bond motifs is 1. The largest absolute Gasteiger partial charge is 0.487 e. The molecule has 3 atom stereocenters. The van der Waals surface area contributed by atoms with Crippen molar-refractivity contribution >= 4 is 15.9 Å². The van der Waals surface area contributed by atoms with E-state index in [1.165, 1.54) is 4.31 Å². The second-order valence-corrected chi connectivity index (χ2v) is 11.6. The molecule has 1 saturated carbocycles. The van der Waals surface area contributed by atoms with E-state index in [1.807, 2.05) is 38.1 Å².